The fraction of sp³-hybridized carbons (Fsp3) is 0.167. The number of nitrogens with zero attached hydrogens (tertiary/aromatic N) is 2. The minimum atomic E-state index is -3.98. The summed E-state index contributed by atoms with van der Waals surface area (Å²) in [5.41, 5.74) is 4.67. The molecule has 0 heterocycles. The van der Waals surface area contributed by atoms with Crippen molar-refractivity contribution in [3.63, 3.8) is 0 Å². The van der Waals surface area contributed by atoms with Crippen molar-refractivity contribution in [3.8, 4) is 5.75 Å². The molecule has 0 aliphatic carbocycles. The summed E-state index contributed by atoms with van der Waals surface area (Å²) in [5.74, 6) is 0.0437. The van der Waals surface area contributed by atoms with Crippen molar-refractivity contribution in [1.82, 2.24) is 5.43 Å². The molecule has 166 valence electrons. The van der Waals surface area contributed by atoms with Crippen LogP contribution in [0.15, 0.2) is 88.9 Å². The van der Waals surface area contributed by atoms with Gasteiger partial charge in [0.15, 0.2) is 0 Å². The lowest BCUT2D eigenvalue weighted by atomic mass is 10.2. The van der Waals surface area contributed by atoms with E-state index >= 15 is 0 Å². The van der Waals surface area contributed by atoms with Crippen molar-refractivity contribution in [1.29, 1.82) is 0 Å². The highest BCUT2D eigenvalue weighted by Crippen LogP contribution is 2.25. The predicted molar refractivity (Wildman–Crippen MR) is 126 cm³/mol. The summed E-state index contributed by atoms with van der Waals surface area (Å²) in [5, 5.41) is 3.95. The number of benzene rings is 3. The summed E-state index contributed by atoms with van der Waals surface area (Å²) in [4.78, 5) is 12.7. The molecule has 0 aliphatic heterocycles. The molecule has 3 rings (SSSR count). The van der Waals surface area contributed by atoms with Crippen LogP contribution in [0.2, 0.25) is 0 Å². The molecular weight excluding hydrogens is 426 g/mol. The quantitative estimate of drug-likeness (QED) is 0.397. The van der Waals surface area contributed by atoms with Crippen molar-refractivity contribution >= 4 is 27.8 Å². The van der Waals surface area contributed by atoms with Gasteiger partial charge in [-0.1, -0.05) is 48.0 Å². The first kappa shape index (κ1) is 23.0. The van der Waals surface area contributed by atoms with Crippen LogP contribution in [-0.2, 0) is 14.8 Å². The van der Waals surface area contributed by atoms with Gasteiger partial charge in [0.2, 0.25) is 0 Å². The molecule has 0 radical (unpaired) electrons. The number of rotatable bonds is 9. The molecule has 8 heteroatoms. The van der Waals surface area contributed by atoms with Crippen LogP contribution in [0.4, 0.5) is 5.69 Å². The van der Waals surface area contributed by atoms with E-state index in [1.54, 1.807) is 42.5 Å². The molecule has 0 fully saturated rings. The van der Waals surface area contributed by atoms with Crippen molar-refractivity contribution in [2.45, 2.75) is 18.7 Å². The fourth-order valence-corrected chi connectivity index (χ4v) is 4.35. The maximum absolute atomic E-state index is 13.3. The molecule has 0 spiro atoms. The van der Waals surface area contributed by atoms with E-state index in [1.807, 2.05) is 38.1 Å². The van der Waals surface area contributed by atoms with Gasteiger partial charge in [-0.15, -0.1) is 0 Å². The van der Waals surface area contributed by atoms with E-state index in [2.05, 4.69) is 10.5 Å². The monoisotopic (exact) mass is 451 g/mol. The van der Waals surface area contributed by atoms with Crippen LogP contribution >= 0.6 is 0 Å². The molecule has 3 aromatic rings. The van der Waals surface area contributed by atoms with Crippen LogP contribution in [0.5, 0.6) is 5.75 Å². The smallest absolute Gasteiger partial charge is 0.264 e. The minimum Gasteiger partial charge on any atom is -0.494 e. The largest absolute Gasteiger partial charge is 0.494 e. The van der Waals surface area contributed by atoms with Crippen molar-refractivity contribution in [2.75, 3.05) is 17.5 Å². The highest BCUT2D eigenvalue weighted by atomic mass is 32.2. The van der Waals surface area contributed by atoms with Gasteiger partial charge in [-0.05, 0) is 55.8 Å². The number of aryl methyl sites for hydroxylation is 1. The highest BCUT2D eigenvalue weighted by Gasteiger charge is 2.27. The average Bonchev–Trinajstić information content (AvgIpc) is 2.80. The topological polar surface area (TPSA) is 88.1 Å². The molecule has 0 aromatic heterocycles. The van der Waals surface area contributed by atoms with Gasteiger partial charge in [-0.2, -0.15) is 5.10 Å². The van der Waals surface area contributed by atoms with Gasteiger partial charge in [0.1, 0.15) is 12.3 Å². The highest BCUT2D eigenvalue weighted by molar-refractivity contribution is 7.92. The SMILES string of the molecule is CCOc1ccc(N(CC(=O)N/N=C\c2ccc(C)cc2)S(=O)(=O)c2ccccc2)cc1. The lowest BCUT2D eigenvalue weighted by molar-refractivity contribution is -0.119. The van der Waals surface area contributed by atoms with Gasteiger partial charge >= 0.3 is 0 Å². The van der Waals surface area contributed by atoms with E-state index in [4.69, 9.17) is 4.74 Å². The van der Waals surface area contributed by atoms with E-state index in [0.29, 0.717) is 18.0 Å². The Balaban J connectivity index is 1.82. The number of ether oxygens (including phenoxy) is 1. The second-order valence-electron chi connectivity index (χ2n) is 6.96. The molecular formula is C24H25N3O4S. The first-order valence-electron chi connectivity index (χ1n) is 10.1. The standard InChI is InChI=1S/C24H25N3O4S/c1-3-31-22-15-13-21(14-16-22)27(32(29,30)23-7-5-4-6-8-23)18-24(28)26-25-17-20-11-9-19(2)10-12-20/h4-17H,3,18H2,1-2H3,(H,26,28)/b25-17-. The third kappa shape index (κ3) is 5.95. The van der Waals surface area contributed by atoms with E-state index in [0.717, 1.165) is 15.4 Å². The molecule has 0 saturated heterocycles. The Morgan fingerprint density at radius 1 is 1.00 bits per heavy atom. The van der Waals surface area contributed by atoms with Gasteiger partial charge in [0.05, 0.1) is 23.4 Å². The summed E-state index contributed by atoms with van der Waals surface area (Å²) in [6.07, 6.45) is 1.50. The fourth-order valence-electron chi connectivity index (χ4n) is 2.91. The number of carbonyl (C=O) groups excluding carboxylic acids is 1. The second kappa shape index (κ2) is 10.6. The number of hydrogen-bond donors (Lipinski definition) is 1. The van der Waals surface area contributed by atoms with Gasteiger partial charge < -0.3 is 4.74 Å². The van der Waals surface area contributed by atoms with E-state index < -0.39 is 22.5 Å². The van der Waals surface area contributed by atoms with Crippen LogP contribution in [0.25, 0.3) is 0 Å². The lowest BCUT2D eigenvalue weighted by Gasteiger charge is -2.24. The summed E-state index contributed by atoms with van der Waals surface area (Å²) in [7, 11) is -3.98. The molecule has 0 saturated carbocycles. The second-order valence-corrected chi connectivity index (χ2v) is 8.82. The Hall–Kier alpha value is -3.65. The van der Waals surface area contributed by atoms with Gasteiger partial charge in [0.25, 0.3) is 15.9 Å². The Labute approximate surface area is 188 Å². The lowest BCUT2D eigenvalue weighted by Crippen LogP contribution is -2.39. The number of amides is 1. The van der Waals surface area contributed by atoms with Crippen molar-refractivity contribution in [3.05, 3.63) is 90.0 Å². The molecule has 1 N–H and O–H groups in total. The number of sulfonamides is 1. The van der Waals surface area contributed by atoms with Crippen LogP contribution in [0, 0.1) is 6.92 Å². The van der Waals surface area contributed by atoms with E-state index in [9.17, 15) is 13.2 Å². The molecule has 0 unspecified atom stereocenters. The Bertz CT molecular complexity index is 1160. The van der Waals surface area contributed by atoms with Crippen LogP contribution in [0.3, 0.4) is 0 Å². The zero-order valence-electron chi connectivity index (χ0n) is 17.9. The molecule has 0 bridgehead atoms. The number of anilines is 1. The summed E-state index contributed by atoms with van der Waals surface area (Å²) in [6, 6.07) is 22.1. The first-order chi connectivity index (χ1) is 15.4. The number of carbonyl (C=O) groups is 1. The third-order valence-corrected chi connectivity index (χ3v) is 6.32. The Morgan fingerprint density at radius 2 is 1.66 bits per heavy atom. The normalized spacial score (nSPS) is 11.3. The van der Waals surface area contributed by atoms with E-state index in [-0.39, 0.29) is 4.90 Å². The number of hydrogen-bond acceptors (Lipinski definition) is 5. The van der Waals surface area contributed by atoms with Gasteiger partial charge in [-0.3, -0.25) is 9.10 Å². The first-order valence-corrected chi connectivity index (χ1v) is 11.5. The predicted octanol–water partition coefficient (Wildman–Crippen LogP) is 3.74. The van der Waals surface area contributed by atoms with Crippen LogP contribution in [-0.4, -0.2) is 33.7 Å². The van der Waals surface area contributed by atoms with Crippen LogP contribution < -0.4 is 14.5 Å². The zero-order valence-corrected chi connectivity index (χ0v) is 18.7. The van der Waals surface area contributed by atoms with Gasteiger partial charge in [0, 0.05) is 0 Å². The molecule has 0 atom stereocenters. The molecule has 1 amide bonds. The van der Waals surface area contributed by atoms with Crippen molar-refractivity contribution in [2.24, 2.45) is 5.10 Å². The molecule has 32 heavy (non-hydrogen) atoms. The summed E-state index contributed by atoms with van der Waals surface area (Å²) >= 11 is 0. The Morgan fingerprint density at radius 3 is 2.28 bits per heavy atom. The Kier molecular flexibility index (Phi) is 7.62. The van der Waals surface area contributed by atoms with Gasteiger partial charge in [-0.25, -0.2) is 13.8 Å². The number of hydrazone groups is 1. The minimum absolute atomic E-state index is 0.0878. The van der Waals surface area contributed by atoms with Crippen LogP contribution in [0.1, 0.15) is 18.1 Å². The molecule has 0 aliphatic rings. The third-order valence-electron chi connectivity index (χ3n) is 4.53. The maximum atomic E-state index is 13.3. The zero-order chi connectivity index (χ0) is 23.0. The maximum Gasteiger partial charge on any atom is 0.264 e. The van der Waals surface area contributed by atoms with E-state index in [1.165, 1.54) is 18.3 Å². The summed E-state index contributed by atoms with van der Waals surface area (Å²) in [6.45, 7) is 3.90. The average molecular weight is 452 g/mol. The molecule has 7 nitrogen and oxygen atoms in total. The number of nitrogens with one attached hydrogen (secondary N) is 1. The summed E-state index contributed by atoms with van der Waals surface area (Å²) < 4.78 is 33.0. The van der Waals surface area contributed by atoms with Crippen molar-refractivity contribution < 1.29 is 17.9 Å². The molecule has 3 aromatic carbocycles.